The van der Waals surface area contributed by atoms with Crippen LogP contribution in [0.15, 0.2) is 77.5 Å². The molecular weight excluding hydrogens is 472 g/mol. The summed E-state index contributed by atoms with van der Waals surface area (Å²) < 4.78 is 5.16. The number of nitrogens with one attached hydrogen (secondary N) is 1. The Kier molecular flexibility index (Phi) is 6.27. The lowest BCUT2D eigenvalue weighted by atomic mass is 10.00. The number of rotatable bonds is 7. The largest absolute Gasteiger partial charge is 0.480 e. The number of carbonyl (C=O) groups excluding carboxylic acids is 2. The van der Waals surface area contributed by atoms with Gasteiger partial charge in [0.2, 0.25) is 12.3 Å². The lowest BCUT2D eigenvalue weighted by Gasteiger charge is -2.27. The first kappa shape index (κ1) is 23.9. The average molecular weight is 497 g/mol. The van der Waals surface area contributed by atoms with Crippen molar-refractivity contribution in [1.29, 1.82) is 0 Å². The fraction of sp³-hybridized carbons (Fsp3) is 0.179. The van der Waals surface area contributed by atoms with Crippen molar-refractivity contribution in [2.24, 2.45) is 5.92 Å². The molecule has 9 nitrogen and oxygen atoms in total. The molecule has 0 bridgehead atoms. The maximum absolute atomic E-state index is 13.0. The van der Waals surface area contributed by atoms with Crippen LogP contribution in [0, 0.1) is 5.92 Å². The molecule has 0 saturated carbocycles. The number of hydrogen-bond donors (Lipinski definition) is 2. The Morgan fingerprint density at radius 1 is 0.973 bits per heavy atom. The third-order valence-corrected chi connectivity index (χ3v) is 6.39. The monoisotopic (exact) mass is 496 g/mol. The van der Waals surface area contributed by atoms with Crippen LogP contribution in [0.4, 0.5) is 5.69 Å². The maximum Gasteiger partial charge on any atom is 0.326 e. The lowest BCUT2D eigenvalue weighted by molar-refractivity contribution is -0.144. The summed E-state index contributed by atoms with van der Waals surface area (Å²) in [6.07, 6.45) is 1.25. The van der Waals surface area contributed by atoms with Crippen molar-refractivity contribution in [3.05, 3.63) is 89.8 Å². The first-order valence-corrected chi connectivity index (χ1v) is 11.8. The predicted molar refractivity (Wildman–Crippen MR) is 136 cm³/mol. The number of hydrogen-bond acceptors (Lipinski definition) is 6. The number of fused-ring (bicyclic) bond motifs is 1. The number of carbonyl (C=O) groups is 3. The van der Waals surface area contributed by atoms with Gasteiger partial charge in [-0.3, -0.25) is 9.59 Å². The van der Waals surface area contributed by atoms with E-state index in [1.54, 1.807) is 56.3 Å². The van der Waals surface area contributed by atoms with Gasteiger partial charge in [-0.2, -0.15) is 0 Å². The highest BCUT2D eigenvalue weighted by molar-refractivity contribution is 6.04. The number of carboxylic acid groups (broad SMARTS) is 1. The molecule has 0 unspecified atom stereocenters. The van der Waals surface area contributed by atoms with Gasteiger partial charge in [-0.05, 0) is 65.1 Å². The molecule has 1 aliphatic rings. The SMILES string of the molecule is CC(C)[C@@H](C(=O)O)N1Cc2ccc(-c3ccc(NC(=O)c4ccc(-c5nnco5)cc4)cc3)cc2C1=O. The van der Waals surface area contributed by atoms with E-state index in [2.05, 4.69) is 15.5 Å². The van der Waals surface area contributed by atoms with Crippen LogP contribution < -0.4 is 5.32 Å². The molecule has 5 rings (SSSR count). The second-order valence-corrected chi connectivity index (χ2v) is 9.18. The molecular formula is C28H24N4O5. The number of anilines is 1. The van der Waals surface area contributed by atoms with Crippen molar-refractivity contribution in [2.45, 2.75) is 26.4 Å². The Labute approximate surface area is 212 Å². The number of carboxylic acids is 1. The van der Waals surface area contributed by atoms with Crippen LogP contribution in [0.25, 0.3) is 22.6 Å². The zero-order valence-corrected chi connectivity index (χ0v) is 20.2. The molecule has 0 fully saturated rings. The van der Waals surface area contributed by atoms with Crippen LogP contribution in [0.1, 0.15) is 40.1 Å². The van der Waals surface area contributed by atoms with Crippen LogP contribution in [-0.4, -0.2) is 44.0 Å². The van der Waals surface area contributed by atoms with Crippen LogP contribution in [0.5, 0.6) is 0 Å². The Hall–Kier alpha value is -4.79. The second kappa shape index (κ2) is 9.69. The molecule has 1 atom stereocenters. The number of benzene rings is 3. The van der Waals surface area contributed by atoms with Crippen LogP contribution in [0.3, 0.4) is 0 Å². The second-order valence-electron chi connectivity index (χ2n) is 9.18. The van der Waals surface area contributed by atoms with E-state index in [0.29, 0.717) is 22.7 Å². The summed E-state index contributed by atoms with van der Waals surface area (Å²) in [5.74, 6) is -1.36. The number of nitrogens with zero attached hydrogens (tertiary/aromatic N) is 3. The summed E-state index contributed by atoms with van der Waals surface area (Å²) in [5, 5.41) is 20.0. The van der Waals surface area contributed by atoms with Gasteiger partial charge in [-0.1, -0.05) is 38.1 Å². The summed E-state index contributed by atoms with van der Waals surface area (Å²) >= 11 is 0. The van der Waals surface area contributed by atoms with Gasteiger partial charge in [0.1, 0.15) is 6.04 Å². The van der Waals surface area contributed by atoms with E-state index in [0.717, 1.165) is 22.3 Å². The Morgan fingerprint density at radius 2 is 1.65 bits per heavy atom. The molecule has 2 amide bonds. The van der Waals surface area contributed by atoms with Crippen molar-refractivity contribution < 1.29 is 23.9 Å². The van der Waals surface area contributed by atoms with Gasteiger partial charge >= 0.3 is 5.97 Å². The van der Waals surface area contributed by atoms with Crippen LogP contribution in [0.2, 0.25) is 0 Å². The Balaban J connectivity index is 1.29. The number of aliphatic carboxylic acids is 1. The van der Waals surface area contributed by atoms with Gasteiger partial charge in [-0.25, -0.2) is 4.79 Å². The van der Waals surface area contributed by atoms with E-state index in [4.69, 9.17) is 4.42 Å². The summed E-state index contributed by atoms with van der Waals surface area (Å²) in [7, 11) is 0. The molecule has 37 heavy (non-hydrogen) atoms. The van der Waals surface area contributed by atoms with Gasteiger partial charge in [0.25, 0.3) is 11.8 Å². The van der Waals surface area contributed by atoms with Crippen molar-refractivity contribution in [2.75, 3.05) is 5.32 Å². The highest BCUT2D eigenvalue weighted by Gasteiger charge is 2.38. The van der Waals surface area contributed by atoms with E-state index in [9.17, 15) is 19.5 Å². The molecule has 3 aromatic carbocycles. The fourth-order valence-electron chi connectivity index (χ4n) is 4.52. The molecule has 186 valence electrons. The molecule has 2 heterocycles. The minimum Gasteiger partial charge on any atom is -0.480 e. The molecule has 9 heteroatoms. The van der Waals surface area contributed by atoms with Gasteiger partial charge in [0, 0.05) is 28.9 Å². The zero-order chi connectivity index (χ0) is 26.1. The summed E-state index contributed by atoms with van der Waals surface area (Å²) in [4.78, 5) is 38.9. The van der Waals surface area contributed by atoms with Crippen molar-refractivity contribution in [1.82, 2.24) is 15.1 Å². The zero-order valence-electron chi connectivity index (χ0n) is 20.2. The van der Waals surface area contributed by atoms with E-state index >= 15 is 0 Å². The Bertz CT molecular complexity index is 1460. The highest BCUT2D eigenvalue weighted by atomic mass is 16.4. The van der Waals surface area contributed by atoms with Crippen LogP contribution >= 0.6 is 0 Å². The molecule has 1 aromatic heterocycles. The van der Waals surface area contributed by atoms with Crippen molar-refractivity contribution in [3.63, 3.8) is 0 Å². The first-order chi connectivity index (χ1) is 17.8. The van der Waals surface area contributed by atoms with Crippen molar-refractivity contribution >= 4 is 23.5 Å². The van der Waals surface area contributed by atoms with Crippen LogP contribution in [-0.2, 0) is 11.3 Å². The summed E-state index contributed by atoms with van der Waals surface area (Å²) in [6, 6.07) is 18.9. The summed E-state index contributed by atoms with van der Waals surface area (Å²) in [5.41, 5.74) is 4.86. The van der Waals surface area contributed by atoms with E-state index in [1.807, 2.05) is 24.3 Å². The Morgan fingerprint density at radius 3 is 2.27 bits per heavy atom. The minimum absolute atomic E-state index is 0.207. The molecule has 1 aliphatic heterocycles. The van der Waals surface area contributed by atoms with Crippen molar-refractivity contribution in [3.8, 4) is 22.6 Å². The molecule has 0 saturated heterocycles. The van der Waals surface area contributed by atoms with E-state index in [1.165, 1.54) is 11.3 Å². The third kappa shape index (κ3) is 4.71. The van der Waals surface area contributed by atoms with Gasteiger partial charge < -0.3 is 19.7 Å². The van der Waals surface area contributed by atoms with Gasteiger partial charge in [0.15, 0.2) is 0 Å². The van der Waals surface area contributed by atoms with E-state index < -0.39 is 12.0 Å². The fourth-order valence-corrected chi connectivity index (χ4v) is 4.52. The average Bonchev–Trinajstić information content (AvgIpc) is 3.53. The molecule has 0 aliphatic carbocycles. The smallest absolute Gasteiger partial charge is 0.326 e. The number of aromatic nitrogens is 2. The topological polar surface area (TPSA) is 126 Å². The number of amides is 2. The molecule has 4 aromatic rings. The first-order valence-electron chi connectivity index (χ1n) is 11.8. The molecule has 0 spiro atoms. The van der Waals surface area contributed by atoms with Gasteiger partial charge in [0.05, 0.1) is 0 Å². The standard InChI is InChI=1S/C28H24N4O5/c1-16(2)24(28(35)36)32-14-21-8-7-20(13-23(21)27(32)34)17-9-11-22(12-10-17)30-25(33)18-3-5-19(6-4-18)26-31-29-15-37-26/h3-13,15-16,24H,14H2,1-2H3,(H,30,33)(H,35,36)/t24-/m0/s1. The maximum atomic E-state index is 13.0. The predicted octanol–water partition coefficient (Wildman–Crippen LogP) is 4.72. The molecule has 0 radical (unpaired) electrons. The lowest BCUT2D eigenvalue weighted by Crippen LogP contribution is -2.44. The van der Waals surface area contributed by atoms with E-state index in [-0.39, 0.29) is 24.3 Å². The highest BCUT2D eigenvalue weighted by Crippen LogP contribution is 2.31. The minimum atomic E-state index is -1.00. The summed E-state index contributed by atoms with van der Waals surface area (Å²) in [6.45, 7) is 3.88. The quantitative estimate of drug-likeness (QED) is 0.379. The molecule has 2 N–H and O–H groups in total. The normalized spacial score (nSPS) is 13.5. The van der Waals surface area contributed by atoms with Gasteiger partial charge in [-0.15, -0.1) is 10.2 Å². The third-order valence-electron chi connectivity index (χ3n) is 6.39.